The molecule has 0 atom stereocenters. The highest BCUT2D eigenvalue weighted by atomic mass is 127. The fraction of sp³-hybridized carbons (Fsp3) is 0.250. The molecule has 0 amide bonds. The second-order valence-corrected chi connectivity index (χ2v) is 3.58. The van der Waals surface area contributed by atoms with Crippen molar-refractivity contribution < 1.29 is 0 Å². The van der Waals surface area contributed by atoms with Crippen LogP contribution in [0.25, 0.3) is 0 Å². The Morgan fingerprint density at radius 1 is 1.62 bits per heavy atom. The lowest BCUT2D eigenvalue weighted by atomic mass is 10.4. The summed E-state index contributed by atoms with van der Waals surface area (Å²) in [7, 11) is 0. The van der Waals surface area contributed by atoms with Gasteiger partial charge in [0, 0.05) is 6.54 Å². The summed E-state index contributed by atoms with van der Waals surface area (Å²) in [5.41, 5.74) is 6.40. The number of nitrogens with one attached hydrogen (secondary N) is 1. The SMILES string of the molecule is C=CCNc1nc(N)nc(C)c1I. The molecule has 1 heterocycles. The van der Waals surface area contributed by atoms with Gasteiger partial charge in [-0.2, -0.15) is 4.98 Å². The fourth-order valence-corrected chi connectivity index (χ4v) is 1.30. The van der Waals surface area contributed by atoms with Crippen molar-refractivity contribution in [2.45, 2.75) is 6.92 Å². The quantitative estimate of drug-likeness (QED) is 0.655. The molecule has 0 saturated heterocycles. The minimum atomic E-state index is 0.296. The molecule has 0 spiro atoms. The van der Waals surface area contributed by atoms with Crippen LogP contribution in [0.2, 0.25) is 0 Å². The molecular formula is C8H11IN4. The van der Waals surface area contributed by atoms with Gasteiger partial charge in [0.1, 0.15) is 5.82 Å². The number of hydrogen-bond donors (Lipinski definition) is 2. The van der Waals surface area contributed by atoms with Gasteiger partial charge in [-0.15, -0.1) is 6.58 Å². The monoisotopic (exact) mass is 290 g/mol. The molecule has 0 fully saturated rings. The van der Waals surface area contributed by atoms with Crippen LogP contribution in [0.3, 0.4) is 0 Å². The molecule has 0 bridgehead atoms. The highest BCUT2D eigenvalue weighted by Crippen LogP contribution is 2.18. The summed E-state index contributed by atoms with van der Waals surface area (Å²) < 4.78 is 0.994. The van der Waals surface area contributed by atoms with E-state index in [0.717, 1.165) is 15.1 Å². The number of nitrogen functional groups attached to an aromatic ring is 1. The van der Waals surface area contributed by atoms with Crippen molar-refractivity contribution in [3.8, 4) is 0 Å². The van der Waals surface area contributed by atoms with Crippen LogP contribution in [0.4, 0.5) is 11.8 Å². The molecule has 1 rings (SSSR count). The molecular weight excluding hydrogens is 279 g/mol. The number of halogens is 1. The van der Waals surface area contributed by atoms with Gasteiger partial charge >= 0.3 is 0 Å². The first-order valence-corrected chi connectivity index (χ1v) is 4.87. The van der Waals surface area contributed by atoms with Gasteiger partial charge in [-0.05, 0) is 29.5 Å². The summed E-state index contributed by atoms with van der Waals surface area (Å²) in [4.78, 5) is 8.11. The lowest BCUT2D eigenvalue weighted by Gasteiger charge is -2.07. The number of aromatic nitrogens is 2. The zero-order valence-corrected chi connectivity index (χ0v) is 9.50. The molecule has 0 saturated carbocycles. The molecule has 0 radical (unpaired) electrons. The van der Waals surface area contributed by atoms with Crippen LogP contribution in [0, 0.1) is 10.5 Å². The van der Waals surface area contributed by atoms with E-state index in [0.29, 0.717) is 12.5 Å². The van der Waals surface area contributed by atoms with E-state index >= 15 is 0 Å². The third-order valence-electron chi connectivity index (χ3n) is 1.45. The predicted molar refractivity (Wildman–Crippen MR) is 62.6 cm³/mol. The summed E-state index contributed by atoms with van der Waals surface area (Å²) in [5, 5.41) is 3.09. The van der Waals surface area contributed by atoms with E-state index < -0.39 is 0 Å². The lowest BCUT2D eigenvalue weighted by Crippen LogP contribution is -2.07. The molecule has 0 aliphatic rings. The molecule has 13 heavy (non-hydrogen) atoms. The van der Waals surface area contributed by atoms with E-state index in [1.165, 1.54) is 0 Å². The van der Waals surface area contributed by atoms with E-state index in [1.54, 1.807) is 6.08 Å². The third kappa shape index (κ3) is 2.55. The zero-order valence-electron chi connectivity index (χ0n) is 7.34. The molecule has 3 N–H and O–H groups in total. The van der Waals surface area contributed by atoms with Crippen LogP contribution in [-0.4, -0.2) is 16.5 Å². The molecule has 1 aromatic rings. The average Bonchev–Trinajstić information content (AvgIpc) is 2.09. The van der Waals surface area contributed by atoms with Gasteiger partial charge in [0.05, 0.1) is 9.26 Å². The number of nitrogens with zero attached hydrogens (tertiary/aromatic N) is 2. The van der Waals surface area contributed by atoms with Gasteiger partial charge in [-0.3, -0.25) is 0 Å². The maximum Gasteiger partial charge on any atom is 0.222 e. The summed E-state index contributed by atoms with van der Waals surface area (Å²) in [6.45, 7) is 6.18. The van der Waals surface area contributed by atoms with E-state index in [-0.39, 0.29) is 0 Å². The van der Waals surface area contributed by atoms with Gasteiger partial charge < -0.3 is 11.1 Å². The largest absolute Gasteiger partial charge is 0.368 e. The number of aryl methyl sites for hydroxylation is 1. The second kappa shape index (κ2) is 4.40. The Labute approximate surface area is 90.8 Å². The van der Waals surface area contributed by atoms with Crippen molar-refractivity contribution in [3.63, 3.8) is 0 Å². The van der Waals surface area contributed by atoms with Crippen molar-refractivity contribution in [2.75, 3.05) is 17.6 Å². The number of rotatable bonds is 3. The summed E-state index contributed by atoms with van der Waals surface area (Å²) >= 11 is 2.18. The molecule has 0 aromatic carbocycles. The van der Waals surface area contributed by atoms with Gasteiger partial charge in [0.15, 0.2) is 0 Å². The van der Waals surface area contributed by atoms with Crippen LogP contribution in [0.1, 0.15) is 5.69 Å². The van der Waals surface area contributed by atoms with E-state index in [4.69, 9.17) is 5.73 Å². The van der Waals surface area contributed by atoms with Crippen LogP contribution in [0.5, 0.6) is 0 Å². The molecule has 1 aromatic heterocycles. The Morgan fingerprint density at radius 2 is 2.31 bits per heavy atom. The van der Waals surface area contributed by atoms with Crippen molar-refractivity contribution in [3.05, 3.63) is 21.9 Å². The highest BCUT2D eigenvalue weighted by molar-refractivity contribution is 14.1. The van der Waals surface area contributed by atoms with Crippen molar-refractivity contribution in [1.82, 2.24) is 9.97 Å². The summed E-state index contributed by atoms with van der Waals surface area (Å²) in [6, 6.07) is 0. The topological polar surface area (TPSA) is 63.8 Å². The maximum absolute atomic E-state index is 5.51. The van der Waals surface area contributed by atoms with Gasteiger partial charge in [0.25, 0.3) is 0 Å². The molecule has 0 unspecified atom stereocenters. The third-order valence-corrected chi connectivity index (χ3v) is 2.74. The molecule has 5 heteroatoms. The van der Waals surface area contributed by atoms with Gasteiger partial charge in [-0.25, -0.2) is 4.98 Å². The van der Waals surface area contributed by atoms with Crippen LogP contribution in [0.15, 0.2) is 12.7 Å². The standard InChI is InChI=1S/C8H11IN4/c1-3-4-11-7-6(9)5(2)12-8(10)13-7/h3H,1,4H2,2H3,(H3,10,11,12,13). The maximum atomic E-state index is 5.51. The van der Waals surface area contributed by atoms with Crippen molar-refractivity contribution in [2.24, 2.45) is 0 Å². The molecule has 70 valence electrons. The highest BCUT2D eigenvalue weighted by Gasteiger charge is 2.05. The molecule has 0 aliphatic heterocycles. The van der Waals surface area contributed by atoms with Crippen molar-refractivity contribution >= 4 is 34.4 Å². The Bertz CT molecular complexity index is 324. The van der Waals surface area contributed by atoms with E-state index in [9.17, 15) is 0 Å². The van der Waals surface area contributed by atoms with Crippen LogP contribution < -0.4 is 11.1 Å². The van der Waals surface area contributed by atoms with Gasteiger partial charge in [0.2, 0.25) is 5.95 Å². The van der Waals surface area contributed by atoms with Crippen LogP contribution in [-0.2, 0) is 0 Å². The normalized spacial score (nSPS) is 9.69. The minimum Gasteiger partial charge on any atom is -0.368 e. The summed E-state index contributed by atoms with van der Waals surface area (Å²) in [6.07, 6.45) is 1.77. The Hall–Kier alpha value is -0.850. The van der Waals surface area contributed by atoms with Gasteiger partial charge in [-0.1, -0.05) is 6.08 Å². The van der Waals surface area contributed by atoms with Crippen LogP contribution >= 0.6 is 22.6 Å². The Morgan fingerprint density at radius 3 is 2.92 bits per heavy atom. The summed E-state index contributed by atoms with van der Waals surface area (Å²) in [5.74, 6) is 1.06. The second-order valence-electron chi connectivity index (χ2n) is 2.50. The first-order chi connectivity index (χ1) is 6.15. The Kier molecular flexibility index (Phi) is 3.47. The van der Waals surface area contributed by atoms with Crippen molar-refractivity contribution in [1.29, 1.82) is 0 Å². The fourth-order valence-electron chi connectivity index (χ4n) is 0.867. The van der Waals surface area contributed by atoms with E-state index in [1.807, 2.05) is 6.92 Å². The Balaban J connectivity index is 2.98. The number of hydrogen-bond acceptors (Lipinski definition) is 4. The smallest absolute Gasteiger partial charge is 0.222 e. The number of nitrogens with two attached hydrogens (primary N) is 1. The predicted octanol–water partition coefficient (Wildman–Crippen LogP) is 1.57. The number of anilines is 2. The zero-order chi connectivity index (χ0) is 9.84. The average molecular weight is 290 g/mol. The molecule has 4 nitrogen and oxygen atoms in total. The lowest BCUT2D eigenvalue weighted by molar-refractivity contribution is 1.08. The first-order valence-electron chi connectivity index (χ1n) is 3.79. The first kappa shape index (κ1) is 10.2. The molecule has 0 aliphatic carbocycles. The minimum absolute atomic E-state index is 0.296. The van der Waals surface area contributed by atoms with E-state index in [2.05, 4.69) is 44.5 Å².